The monoisotopic (exact) mass is 270 g/mol. The maximum absolute atomic E-state index is 9.10. The average molecular weight is 270 g/mol. The quantitative estimate of drug-likeness (QED) is 0.828. The van der Waals surface area contributed by atoms with Crippen LogP contribution in [0.15, 0.2) is 18.2 Å². The molecule has 0 heterocycles. The highest BCUT2D eigenvalue weighted by Crippen LogP contribution is 2.48. The molecule has 3 nitrogen and oxygen atoms in total. The van der Waals surface area contributed by atoms with Gasteiger partial charge in [0.15, 0.2) is 0 Å². The van der Waals surface area contributed by atoms with Crippen molar-refractivity contribution < 1.29 is 4.74 Å². The van der Waals surface area contributed by atoms with Crippen molar-refractivity contribution in [2.75, 3.05) is 13.7 Å². The molecule has 1 aromatic carbocycles. The molecule has 0 aromatic heterocycles. The van der Waals surface area contributed by atoms with Gasteiger partial charge in [-0.2, -0.15) is 5.26 Å². The predicted octanol–water partition coefficient (Wildman–Crippen LogP) is 3.09. The van der Waals surface area contributed by atoms with Crippen LogP contribution in [0.4, 0.5) is 0 Å². The van der Waals surface area contributed by atoms with Crippen LogP contribution in [0.1, 0.15) is 36.8 Å². The second kappa shape index (κ2) is 5.85. The molecule has 2 aliphatic rings. The first-order valence-corrected chi connectivity index (χ1v) is 7.59. The van der Waals surface area contributed by atoms with Crippen LogP contribution in [0, 0.1) is 29.1 Å². The highest BCUT2D eigenvalue weighted by Gasteiger charge is 2.40. The molecule has 2 aliphatic carbocycles. The summed E-state index contributed by atoms with van der Waals surface area (Å²) in [6.45, 7) is 1.97. The van der Waals surface area contributed by atoms with Gasteiger partial charge in [-0.05, 0) is 67.7 Å². The van der Waals surface area contributed by atoms with E-state index in [2.05, 4.69) is 11.4 Å². The molecule has 1 N–H and O–H groups in total. The van der Waals surface area contributed by atoms with Crippen molar-refractivity contribution in [3.05, 3.63) is 29.3 Å². The van der Waals surface area contributed by atoms with Gasteiger partial charge in [-0.15, -0.1) is 0 Å². The maximum atomic E-state index is 9.10. The summed E-state index contributed by atoms with van der Waals surface area (Å²) in [6.07, 6.45) is 5.74. The van der Waals surface area contributed by atoms with E-state index in [4.69, 9.17) is 10.00 Å². The number of nitrogens with zero attached hydrogens (tertiary/aromatic N) is 1. The molecule has 0 amide bonds. The molecule has 0 aliphatic heterocycles. The molecule has 2 saturated carbocycles. The van der Waals surface area contributed by atoms with Gasteiger partial charge in [-0.3, -0.25) is 0 Å². The number of hydrogen-bond acceptors (Lipinski definition) is 3. The summed E-state index contributed by atoms with van der Waals surface area (Å²) < 4.78 is 5.17. The van der Waals surface area contributed by atoms with Crippen LogP contribution in [-0.4, -0.2) is 13.7 Å². The molecule has 0 radical (unpaired) electrons. The molecular weight excluding hydrogens is 248 g/mol. The lowest BCUT2D eigenvalue weighted by atomic mass is 9.98. The minimum absolute atomic E-state index is 0.618. The Bertz CT molecular complexity index is 500. The second-order valence-corrected chi connectivity index (χ2v) is 6.12. The third-order valence-electron chi connectivity index (χ3n) is 4.55. The molecule has 2 fully saturated rings. The molecule has 3 rings (SSSR count). The van der Waals surface area contributed by atoms with Crippen molar-refractivity contribution >= 4 is 0 Å². The highest BCUT2D eigenvalue weighted by atomic mass is 16.5. The normalized spacial score (nSPS) is 18.1. The van der Waals surface area contributed by atoms with Crippen LogP contribution in [-0.2, 0) is 6.54 Å². The van der Waals surface area contributed by atoms with Crippen molar-refractivity contribution in [3.63, 3.8) is 0 Å². The summed E-state index contributed by atoms with van der Waals surface area (Å²) in [4.78, 5) is 0. The van der Waals surface area contributed by atoms with Gasteiger partial charge in [0.05, 0.1) is 12.7 Å². The van der Waals surface area contributed by atoms with E-state index < -0.39 is 0 Å². The van der Waals surface area contributed by atoms with Crippen molar-refractivity contribution in [2.45, 2.75) is 32.2 Å². The van der Waals surface area contributed by atoms with Gasteiger partial charge in [0.1, 0.15) is 11.8 Å². The number of rotatable bonds is 7. The number of ether oxygens (including phenoxy) is 1. The molecule has 3 heteroatoms. The Kier molecular flexibility index (Phi) is 3.93. The lowest BCUT2D eigenvalue weighted by Crippen LogP contribution is -2.25. The van der Waals surface area contributed by atoms with Gasteiger partial charge in [0.25, 0.3) is 0 Å². The van der Waals surface area contributed by atoms with E-state index in [1.54, 1.807) is 7.11 Å². The Labute approximate surface area is 120 Å². The van der Waals surface area contributed by atoms with E-state index in [0.29, 0.717) is 11.3 Å². The maximum Gasteiger partial charge on any atom is 0.136 e. The molecule has 20 heavy (non-hydrogen) atoms. The first kappa shape index (κ1) is 13.5. The van der Waals surface area contributed by atoms with E-state index in [1.807, 2.05) is 18.2 Å². The standard InChI is InChI=1S/C17H22N2O/c1-20-17-7-2-12(8-15(17)9-18)10-19-11-16(13-3-4-13)14-5-6-14/h2,7-8,13-14,16,19H,3-6,10-11H2,1H3. The van der Waals surface area contributed by atoms with E-state index in [9.17, 15) is 0 Å². The molecule has 0 unspecified atom stereocenters. The largest absolute Gasteiger partial charge is 0.495 e. The topological polar surface area (TPSA) is 45.0 Å². The number of nitrogens with one attached hydrogen (secondary N) is 1. The fourth-order valence-corrected chi connectivity index (χ4v) is 3.10. The van der Waals surface area contributed by atoms with Gasteiger partial charge in [-0.25, -0.2) is 0 Å². The van der Waals surface area contributed by atoms with Crippen LogP contribution in [0.3, 0.4) is 0 Å². The van der Waals surface area contributed by atoms with Crippen LogP contribution < -0.4 is 10.1 Å². The molecule has 0 atom stereocenters. The SMILES string of the molecule is COc1ccc(CNCC(C2CC2)C2CC2)cc1C#N. The Morgan fingerprint density at radius 1 is 1.30 bits per heavy atom. The third-order valence-corrected chi connectivity index (χ3v) is 4.55. The molecule has 0 spiro atoms. The Morgan fingerprint density at radius 2 is 2.00 bits per heavy atom. The Hall–Kier alpha value is -1.53. The number of methoxy groups -OCH3 is 1. The Morgan fingerprint density at radius 3 is 2.55 bits per heavy atom. The van der Waals surface area contributed by atoms with E-state index >= 15 is 0 Å². The average Bonchev–Trinajstić information content (AvgIpc) is 3.36. The second-order valence-electron chi connectivity index (χ2n) is 6.12. The van der Waals surface area contributed by atoms with Gasteiger partial charge in [0, 0.05) is 6.54 Å². The van der Waals surface area contributed by atoms with E-state index in [-0.39, 0.29) is 0 Å². The van der Waals surface area contributed by atoms with Crippen LogP contribution in [0.5, 0.6) is 5.75 Å². The van der Waals surface area contributed by atoms with Crippen LogP contribution >= 0.6 is 0 Å². The number of hydrogen-bond donors (Lipinski definition) is 1. The zero-order chi connectivity index (χ0) is 13.9. The summed E-state index contributed by atoms with van der Waals surface area (Å²) in [5, 5.41) is 12.7. The smallest absolute Gasteiger partial charge is 0.136 e. The van der Waals surface area contributed by atoms with Crippen molar-refractivity contribution in [1.82, 2.24) is 5.32 Å². The van der Waals surface area contributed by atoms with Crippen LogP contribution in [0.2, 0.25) is 0 Å². The minimum Gasteiger partial charge on any atom is -0.495 e. The van der Waals surface area contributed by atoms with E-state index in [0.717, 1.165) is 36.4 Å². The summed E-state index contributed by atoms with van der Waals surface area (Å²) in [5.41, 5.74) is 1.78. The molecule has 0 saturated heterocycles. The number of nitriles is 1. The van der Waals surface area contributed by atoms with E-state index in [1.165, 1.54) is 25.7 Å². The lowest BCUT2D eigenvalue weighted by Gasteiger charge is -2.16. The predicted molar refractivity (Wildman–Crippen MR) is 78.4 cm³/mol. The molecule has 1 aromatic rings. The lowest BCUT2D eigenvalue weighted by molar-refractivity contribution is 0.378. The molecule has 106 valence electrons. The van der Waals surface area contributed by atoms with Gasteiger partial charge < -0.3 is 10.1 Å². The first-order chi connectivity index (χ1) is 9.81. The first-order valence-electron chi connectivity index (χ1n) is 7.59. The van der Waals surface area contributed by atoms with Crippen LogP contribution in [0.25, 0.3) is 0 Å². The minimum atomic E-state index is 0.618. The fourth-order valence-electron chi connectivity index (χ4n) is 3.10. The van der Waals surface area contributed by atoms with Crippen molar-refractivity contribution in [3.8, 4) is 11.8 Å². The summed E-state index contributed by atoms with van der Waals surface area (Å²) in [6, 6.07) is 8.04. The molecule has 0 bridgehead atoms. The van der Waals surface area contributed by atoms with Gasteiger partial charge in [0.2, 0.25) is 0 Å². The highest BCUT2D eigenvalue weighted by molar-refractivity contribution is 5.45. The zero-order valence-electron chi connectivity index (χ0n) is 12.1. The fraction of sp³-hybridized carbons (Fsp3) is 0.588. The van der Waals surface area contributed by atoms with Crippen molar-refractivity contribution in [2.24, 2.45) is 17.8 Å². The van der Waals surface area contributed by atoms with Crippen molar-refractivity contribution in [1.29, 1.82) is 5.26 Å². The molecular formula is C17H22N2O. The summed E-state index contributed by atoms with van der Waals surface area (Å²) in [7, 11) is 1.60. The van der Waals surface area contributed by atoms with Gasteiger partial charge >= 0.3 is 0 Å². The summed E-state index contributed by atoms with van der Waals surface area (Å²) in [5.74, 6) is 3.52. The third kappa shape index (κ3) is 3.13. The zero-order valence-corrected chi connectivity index (χ0v) is 12.1. The summed E-state index contributed by atoms with van der Waals surface area (Å²) >= 11 is 0. The van der Waals surface area contributed by atoms with Gasteiger partial charge in [-0.1, -0.05) is 6.07 Å². The Balaban J connectivity index is 1.54. The number of benzene rings is 1.